The van der Waals surface area contributed by atoms with Crippen molar-refractivity contribution in [1.29, 1.82) is 0 Å². The fourth-order valence-electron chi connectivity index (χ4n) is 3.70. The summed E-state index contributed by atoms with van der Waals surface area (Å²) in [6.45, 7) is 5.63. The van der Waals surface area contributed by atoms with Gasteiger partial charge >= 0.3 is 0 Å². The molecule has 1 aliphatic rings. The molecule has 0 radical (unpaired) electrons. The fraction of sp³-hybridized carbons (Fsp3) is 0.474. The van der Waals surface area contributed by atoms with Crippen LogP contribution in [0, 0.1) is 19.8 Å². The Morgan fingerprint density at radius 1 is 1.40 bits per heavy atom. The van der Waals surface area contributed by atoms with Gasteiger partial charge in [0.1, 0.15) is 5.76 Å². The van der Waals surface area contributed by atoms with E-state index < -0.39 is 0 Å². The van der Waals surface area contributed by atoms with Crippen molar-refractivity contribution in [3.8, 4) is 0 Å². The molecule has 1 amide bonds. The number of nitrogens with one attached hydrogen (secondary N) is 1. The van der Waals surface area contributed by atoms with Gasteiger partial charge in [0.2, 0.25) is 5.91 Å². The van der Waals surface area contributed by atoms with E-state index in [1.807, 2.05) is 54.9 Å². The van der Waals surface area contributed by atoms with Crippen molar-refractivity contribution >= 4 is 12.0 Å². The van der Waals surface area contributed by atoms with Crippen molar-refractivity contribution in [2.75, 3.05) is 20.1 Å². The Morgan fingerprint density at radius 3 is 2.84 bits per heavy atom. The third kappa shape index (κ3) is 3.54. The van der Waals surface area contributed by atoms with Crippen molar-refractivity contribution in [2.45, 2.75) is 26.3 Å². The molecule has 1 saturated heterocycles. The van der Waals surface area contributed by atoms with Crippen LogP contribution >= 0.6 is 0 Å². The number of likely N-dealkylation sites (tertiary alicyclic amines) is 1. The van der Waals surface area contributed by atoms with E-state index in [1.54, 1.807) is 6.26 Å². The molecule has 134 valence electrons. The molecule has 0 bridgehead atoms. The van der Waals surface area contributed by atoms with Gasteiger partial charge in [-0.2, -0.15) is 5.10 Å². The Balaban J connectivity index is 1.66. The summed E-state index contributed by atoms with van der Waals surface area (Å²) in [5.74, 6) is 1.29. The molecule has 25 heavy (non-hydrogen) atoms. The third-order valence-electron chi connectivity index (χ3n) is 5.05. The summed E-state index contributed by atoms with van der Waals surface area (Å²) in [5.41, 5.74) is 3.33. The van der Waals surface area contributed by atoms with Crippen molar-refractivity contribution in [3.05, 3.63) is 47.2 Å². The molecule has 1 fully saturated rings. The van der Waals surface area contributed by atoms with Gasteiger partial charge in [-0.15, -0.1) is 0 Å². The summed E-state index contributed by atoms with van der Waals surface area (Å²) in [7, 11) is 3.85. The number of hydrogen-bond donors (Lipinski definition) is 1. The highest BCUT2D eigenvalue weighted by molar-refractivity contribution is 5.79. The third-order valence-corrected chi connectivity index (χ3v) is 5.05. The summed E-state index contributed by atoms with van der Waals surface area (Å²) in [6, 6.07) is 3.88. The average Bonchev–Trinajstić information content (AvgIpc) is 3.24. The number of nitrogens with zero attached hydrogens (tertiary/aromatic N) is 3. The molecule has 3 rings (SSSR count). The fourth-order valence-corrected chi connectivity index (χ4v) is 3.70. The molecule has 2 aromatic rings. The topological polar surface area (TPSA) is 63.3 Å². The molecule has 2 aromatic heterocycles. The van der Waals surface area contributed by atoms with Crippen LogP contribution < -0.4 is 5.32 Å². The van der Waals surface area contributed by atoms with Crippen molar-refractivity contribution in [1.82, 2.24) is 20.0 Å². The number of rotatable bonds is 6. The highest BCUT2D eigenvalue weighted by atomic mass is 16.3. The van der Waals surface area contributed by atoms with Gasteiger partial charge in [-0.1, -0.05) is 6.08 Å². The van der Waals surface area contributed by atoms with E-state index >= 15 is 0 Å². The largest absolute Gasteiger partial charge is 0.465 e. The lowest BCUT2D eigenvalue weighted by molar-refractivity contribution is -0.127. The van der Waals surface area contributed by atoms with Crippen LogP contribution in [-0.4, -0.2) is 40.7 Å². The predicted molar refractivity (Wildman–Crippen MR) is 96.9 cm³/mol. The molecule has 6 heteroatoms. The molecule has 0 aromatic carbocycles. The molecule has 2 atom stereocenters. The lowest BCUT2D eigenvalue weighted by atomic mass is 9.92. The molecule has 1 N–H and O–H groups in total. The Bertz CT molecular complexity index is 761. The molecule has 0 spiro atoms. The summed E-state index contributed by atoms with van der Waals surface area (Å²) in [6.07, 6.45) is 6.22. The molecule has 6 nitrogen and oxygen atoms in total. The number of aromatic nitrogens is 2. The van der Waals surface area contributed by atoms with E-state index in [9.17, 15) is 4.79 Å². The van der Waals surface area contributed by atoms with Gasteiger partial charge in [0, 0.05) is 50.8 Å². The zero-order valence-corrected chi connectivity index (χ0v) is 15.3. The molecule has 0 saturated carbocycles. The van der Waals surface area contributed by atoms with Crippen molar-refractivity contribution < 1.29 is 9.21 Å². The van der Waals surface area contributed by atoms with Gasteiger partial charge in [0.15, 0.2) is 0 Å². The highest BCUT2D eigenvalue weighted by Crippen LogP contribution is 2.39. The van der Waals surface area contributed by atoms with E-state index in [0.29, 0.717) is 6.42 Å². The Labute approximate surface area is 148 Å². The van der Waals surface area contributed by atoms with Crippen LogP contribution in [0.5, 0.6) is 0 Å². The number of carbonyl (C=O) groups is 1. The Morgan fingerprint density at radius 2 is 2.20 bits per heavy atom. The maximum absolute atomic E-state index is 12.3. The average molecular weight is 342 g/mol. The van der Waals surface area contributed by atoms with Crippen LogP contribution in [0.25, 0.3) is 6.08 Å². The summed E-state index contributed by atoms with van der Waals surface area (Å²) >= 11 is 0. The van der Waals surface area contributed by atoms with Crippen LogP contribution in [0.4, 0.5) is 0 Å². The standard InChI is InChI=1S/C19H26N4O2/c1-13-18(14(2)23(4)21-13)19-15(11-17(24)22(19)3)12-20-9-5-7-16-8-6-10-25-16/h5-8,10,15,19-20H,9,11-12H2,1-4H3/b7-5+/t15-,19+/m0/s1. The summed E-state index contributed by atoms with van der Waals surface area (Å²) < 4.78 is 7.17. The molecule has 0 unspecified atom stereocenters. The van der Waals surface area contributed by atoms with Gasteiger partial charge in [0.25, 0.3) is 0 Å². The van der Waals surface area contributed by atoms with Crippen molar-refractivity contribution in [2.24, 2.45) is 13.0 Å². The summed E-state index contributed by atoms with van der Waals surface area (Å²) in [4.78, 5) is 14.2. The normalized spacial score (nSPS) is 21.0. The zero-order valence-electron chi connectivity index (χ0n) is 15.3. The maximum atomic E-state index is 12.3. The number of amides is 1. The number of aryl methyl sites for hydroxylation is 2. The quantitative estimate of drug-likeness (QED) is 0.819. The minimum absolute atomic E-state index is 0.0859. The first kappa shape index (κ1) is 17.5. The first-order valence-electron chi connectivity index (χ1n) is 8.65. The number of carbonyl (C=O) groups excluding carboxylic acids is 1. The van der Waals surface area contributed by atoms with Crippen LogP contribution in [0.3, 0.4) is 0 Å². The summed E-state index contributed by atoms with van der Waals surface area (Å²) in [5, 5.41) is 7.97. The first-order valence-corrected chi connectivity index (χ1v) is 8.65. The second-order valence-electron chi connectivity index (χ2n) is 6.70. The minimum Gasteiger partial charge on any atom is -0.465 e. The lowest BCUT2D eigenvalue weighted by Crippen LogP contribution is -2.30. The highest BCUT2D eigenvalue weighted by Gasteiger charge is 2.40. The van der Waals surface area contributed by atoms with Gasteiger partial charge < -0.3 is 14.6 Å². The van der Waals surface area contributed by atoms with Gasteiger partial charge in [-0.05, 0) is 32.1 Å². The number of furan rings is 1. The molecule has 0 aliphatic carbocycles. The minimum atomic E-state index is 0.0859. The SMILES string of the molecule is Cc1nn(C)c(C)c1[C@H]1[C@H](CNC/C=C/c2ccco2)CC(=O)N1C. The second-order valence-corrected chi connectivity index (χ2v) is 6.70. The zero-order chi connectivity index (χ0) is 18.0. The van der Waals surface area contributed by atoms with Gasteiger partial charge in [0.05, 0.1) is 18.0 Å². The van der Waals surface area contributed by atoms with E-state index in [-0.39, 0.29) is 17.9 Å². The molecule has 3 heterocycles. The van der Waals surface area contributed by atoms with E-state index in [4.69, 9.17) is 4.42 Å². The second kappa shape index (κ2) is 7.27. The van der Waals surface area contributed by atoms with E-state index in [2.05, 4.69) is 17.3 Å². The van der Waals surface area contributed by atoms with Crippen LogP contribution in [-0.2, 0) is 11.8 Å². The first-order chi connectivity index (χ1) is 12.0. The molecule has 1 aliphatic heterocycles. The van der Waals surface area contributed by atoms with E-state index in [1.165, 1.54) is 5.56 Å². The Kier molecular flexibility index (Phi) is 5.08. The predicted octanol–water partition coefficient (Wildman–Crippen LogP) is 2.45. The molecular formula is C19H26N4O2. The van der Waals surface area contributed by atoms with Crippen LogP contribution in [0.1, 0.15) is 35.2 Å². The van der Waals surface area contributed by atoms with E-state index in [0.717, 1.165) is 30.2 Å². The lowest BCUT2D eigenvalue weighted by Gasteiger charge is -2.26. The Hall–Kier alpha value is -2.34. The van der Waals surface area contributed by atoms with Crippen LogP contribution in [0.2, 0.25) is 0 Å². The van der Waals surface area contributed by atoms with Gasteiger partial charge in [-0.3, -0.25) is 9.48 Å². The smallest absolute Gasteiger partial charge is 0.223 e. The van der Waals surface area contributed by atoms with Crippen LogP contribution in [0.15, 0.2) is 28.9 Å². The maximum Gasteiger partial charge on any atom is 0.223 e. The molecular weight excluding hydrogens is 316 g/mol. The van der Waals surface area contributed by atoms with Crippen molar-refractivity contribution in [3.63, 3.8) is 0 Å². The monoisotopic (exact) mass is 342 g/mol. The van der Waals surface area contributed by atoms with Gasteiger partial charge in [-0.25, -0.2) is 0 Å². The number of hydrogen-bond acceptors (Lipinski definition) is 4.